The van der Waals surface area contributed by atoms with Crippen molar-refractivity contribution in [3.8, 4) is 5.75 Å². The maximum Gasteiger partial charge on any atom is 0.251 e. The first-order valence-electron chi connectivity index (χ1n) is 11.3. The van der Waals surface area contributed by atoms with E-state index < -0.39 is 10.0 Å². The Balaban J connectivity index is 1.46. The molecule has 0 radical (unpaired) electrons. The van der Waals surface area contributed by atoms with Crippen LogP contribution in [-0.2, 0) is 10.0 Å². The fourth-order valence-corrected chi connectivity index (χ4v) is 6.10. The summed E-state index contributed by atoms with van der Waals surface area (Å²) in [6.45, 7) is 3.55. The quantitative estimate of drug-likeness (QED) is 0.659. The summed E-state index contributed by atoms with van der Waals surface area (Å²) in [6, 6.07) is 14.2. The van der Waals surface area contributed by atoms with Crippen molar-refractivity contribution >= 4 is 15.9 Å². The lowest BCUT2D eigenvalue weighted by Gasteiger charge is -2.29. The van der Waals surface area contributed by atoms with Gasteiger partial charge < -0.3 is 10.1 Å². The third-order valence-corrected chi connectivity index (χ3v) is 8.27. The second kappa shape index (κ2) is 10.0. The molecule has 2 heterocycles. The number of hydrogen-bond acceptors (Lipinski definition) is 5. The molecular weight excluding hydrogens is 426 g/mol. The van der Waals surface area contributed by atoms with Gasteiger partial charge >= 0.3 is 0 Å². The van der Waals surface area contributed by atoms with E-state index in [4.69, 9.17) is 4.74 Å². The van der Waals surface area contributed by atoms with Crippen molar-refractivity contribution in [3.05, 3.63) is 59.7 Å². The zero-order valence-electron chi connectivity index (χ0n) is 18.5. The van der Waals surface area contributed by atoms with Crippen LogP contribution in [0.4, 0.5) is 0 Å². The lowest BCUT2D eigenvalue weighted by Crippen LogP contribution is -2.37. The van der Waals surface area contributed by atoms with Crippen molar-refractivity contribution in [1.82, 2.24) is 14.5 Å². The van der Waals surface area contributed by atoms with Crippen LogP contribution in [0.1, 0.15) is 47.6 Å². The molecule has 2 saturated heterocycles. The van der Waals surface area contributed by atoms with Crippen molar-refractivity contribution in [2.75, 3.05) is 39.8 Å². The summed E-state index contributed by atoms with van der Waals surface area (Å²) in [5.74, 6) is 0.601. The molecule has 0 spiro atoms. The van der Waals surface area contributed by atoms with Gasteiger partial charge in [-0.25, -0.2) is 8.42 Å². The van der Waals surface area contributed by atoms with Crippen molar-refractivity contribution in [2.24, 2.45) is 0 Å². The molecule has 2 aliphatic heterocycles. The van der Waals surface area contributed by atoms with Crippen molar-refractivity contribution < 1.29 is 17.9 Å². The number of nitrogens with one attached hydrogen (secondary N) is 1. The van der Waals surface area contributed by atoms with Crippen LogP contribution in [0.3, 0.4) is 0 Å². The molecular formula is C24H31N3O4S. The number of amides is 1. The van der Waals surface area contributed by atoms with Crippen LogP contribution in [0.2, 0.25) is 0 Å². The second-order valence-corrected chi connectivity index (χ2v) is 10.3. The van der Waals surface area contributed by atoms with Crippen LogP contribution in [0.25, 0.3) is 0 Å². The highest BCUT2D eigenvalue weighted by molar-refractivity contribution is 7.89. The van der Waals surface area contributed by atoms with Gasteiger partial charge in [-0.15, -0.1) is 0 Å². The van der Waals surface area contributed by atoms with E-state index >= 15 is 0 Å². The Morgan fingerprint density at radius 2 is 1.59 bits per heavy atom. The topological polar surface area (TPSA) is 78.9 Å². The Morgan fingerprint density at radius 1 is 0.969 bits per heavy atom. The van der Waals surface area contributed by atoms with Crippen molar-refractivity contribution in [3.63, 3.8) is 0 Å². The molecule has 1 N–H and O–H groups in total. The number of nitrogens with zero attached hydrogens (tertiary/aromatic N) is 2. The van der Waals surface area contributed by atoms with E-state index in [2.05, 4.69) is 10.2 Å². The minimum absolute atomic E-state index is 0.0208. The average Bonchev–Trinajstić information content (AvgIpc) is 3.54. The molecule has 32 heavy (non-hydrogen) atoms. The Morgan fingerprint density at radius 3 is 2.25 bits per heavy atom. The number of hydrogen-bond donors (Lipinski definition) is 1. The van der Waals surface area contributed by atoms with E-state index in [1.54, 1.807) is 19.2 Å². The van der Waals surface area contributed by atoms with Gasteiger partial charge in [0.25, 0.3) is 5.91 Å². The first-order valence-corrected chi connectivity index (χ1v) is 12.7. The molecule has 7 nitrogen and oxygen atoms in total. The maximum absolute atomic E-state index is 12.8. The van der Waals surface area contributed by atoms with Crippen molar-refractivity contribution in [2.45, 2.75) is 36.6 Å². The average molecular weight is 458 g/mol. The first-order chi connectivity index (χ1) is 15.5. The molecule has 2 fully saturated rings. The summed E-state index contributed by atoms with van der Waals surface area (Å²) >= 11 is 0. The fourth-order valence-electron chi connectivity index (χ4n) is 4.58. The second-order valence-electron chi connectivity index (χ2n) is 8.35. The van der Waals surface area contributed by atoms with Gasteiger partial charge in [0.2, 0.25) is 10.0 Å². The van der Waals surface area contributed by atoms with Crippen molar-refractivity contribution in [1.29, 1.82) is 0 Å². The van der Waals surface area contributed by atoms with Gasteiger partial charge in [0.15, 0.2) is 0 Å². The smallest absolute Gasteiger partial charge is 0.251 e. The standard InChI is InChI=1S/C24H31N3O4S/c1-31-23-9-3-2-8-21(23)22(26-14-4-5-15-26)18-25-24(28)19-10-12-20(13-11-19)32(29,30)27-16-6-7-17-27/h2-3,8-13,22H,4-7,14-18H2,1H3,(H,25,28). The van der Waals surface area contributed by atoms with Crippen LogP contribution in [-0.4, -0.2) is 63.4 Å². The molecule has 0 aliphatic carbocycles. The molecule has 2 aliphatic rings. The highest BCUT2D eigenvalue weighted by Gasteiger charge is 2.28. The Bertz CT molecular complexity index is 1030. The van der Waals surface area contributed by atoms with Crippen LogP contribution >= 0.6 is 0 Å². The summed E-state index contributed by atoms with van der Waals surface area (Å²) in [5, 5.41) is 3.04. The predicted molar refractivity (Wildman–Crippen MR) is 123 cm³/mol. The zero-order chi connectivity index (χ0) is 22.6. The maximum atomic E-state index is 12.8. The van der Waals surface area contributed by atoms with Gasteiger partial charge in [-0.3, -0.25) is 9.69 Å². The number of para-hydroxylation sites is 1. The summed E-state index contributed by atoms with van der Waals surface area (Å²) in [7, 11) is -1.82. The van der Waals surface area contributed by atoms with E-state index in [1.807, 2.05) is 24.3 Å². The van der Waals surface area contributed by atoms with Crippen LogP contribution < -0.4 is 10.1 Å². The Hall–Kier alpha value is -2.42. The third kappa shape index (κ3) is 4.82. The minimum atomic E-state index is -3.48. The van der Waals surface area contributed by atoms with Gasteiger partial charge in [-0.2, -0.15) is 4.31 Å². The SMILES string of the molecule is COc1ccccc1C(CNC(=O)c1ccc(S(=O)(=O)N2CCCC2)cc1)N1CCCC1. The van der Waals surface area contributed by atoms with Gasteiger partial charge in [-0.1, -0.05) is 18.2 Å². The van der Waals surface area contributed by atoms with Gasteiger partial charge in [0, 0.05) is 30.8 Å². The summed E-state index contributed by atoms with van der Waals surface area (Å²) in [4.78, 5) is 15.5. The van der Waals surface area contributed by atoms with E-state index in [9.17, 15) is 13.2 Å². The molecule has 172 valence electrons. The molecule has 0 bridgehead atoms. The number of ether oxygens (including phenoxy) is 1. The largest absolute Gasteiger partial charge is 0.496 e. The number of rotatable bonds is 8. The molecule has 0 aromatic heterocycles. The molecule has 0 saturated carbocycles. The molecule has 1 unspecified atom stereocenters. The van der Waals surface area contributed by atoms with Gasteiger partial charge in [0.05, 0.1) is 18.0 Å². The Kier molecular flexibility index (Phi) is 7.13. The molecule has 1 amide bonds. The fraction of sp³-hybridized carbons (Fsp3) is 0.458. The van der Waals surface area contributed by atoms with E-state index in [0.717, 1.165) is 50.1 Å². The van der Waals surface area contributed by atoms with Crippen LogP contribution in [0.15, 0.2) is 53.4 Å². The van der Waals surface area contributed by atoms with Crippen LogP contribution in [0, 0.1) is 0 Å². The number of methoxy groups -OCH3 is 1. The van der Waals surface area contributed by atoms with Gasteiger partial charge in [0.1, 0.15) is 5.75 Å². The first kappa shape index (κ1) is 22.8. The summed E-state index contributed by atoms with van der Waals surface area (Å²) < 4.78 is 32.5. The molecule has 1 atom stereocenters. The Labute approximate surface area is 190 Å². The van der Waals surface area contributed by atoms with Crippen LogP contribution in [0.5, 0.6) is 5.75 Å². The number of benzene rings is 2. The van der Waals surface area contributed by atoms with Gasteiger partial charge in [-0.05, 0) is 69.1 Å². The predicted octanol–water partition coefficient (Wildman–Crippen LogP) is 3.05. The molecule has 4 rings (SSSR count). The zero-order valence-corrected chi connectivity index (χ0v) is 19.3. The molecule has 2 aromatic carbocycles. The summed E-state index contributed by atoms with van der Waals surface area (Å²) in [6.07, 6.45) is 4.08. The molecule has 2 aromatic rings. The number of carbonyl (C=O) groups excluding carboxylic acids is 1. The normalized spacial score (nSPS) is 18.5. The highest BCUT2D eigenvalue weighted by atomic mass is 32.2. The van der Waals surface area contributed by atoms with E-state index in [1.165, 1.54) is 16.4 Å². The number of likely N-dealkylation sites (tertiary alicyclic amines) is 1. The minimum Gasteiger partial charge on any atom is -0.496 e. The number of sulfonamides is 1. The van der Waals surface area contributed by atoms with E-state index in [0.29, 0.717) is 25.2 Å². The third-order valence-electron chi connectivity index (χ3n) is 6.35. The lowest BCUT2D eigenvalue weighted by atomic mass is 10.0. The highest BCUT2D eigenvalue weighted by Crippen LogP contribution is 2.31. The number of carbonyl (C=O) groups is 1. The lowest BCUT2D eigenvalue weighted by molar-refractivity contribution is 0.0937. The monoisotopic (exact) mass is 457 g/mol. The molecule has 8 heteroatoms. The van der Waals surface area contributed by atoms with E-state index in [-0.39, 0.29) is 16.8 Å². The summed E-state index contributed by atoms with van der Waals surface area (Å²) in [5.41, 5.74) is 1.51.